The molecule has 4 aromatic rings. The SMILES string of the molecule is Cc1ccc2c(c1)c1ncccc1n2Cc1ccc(S(C)(=N)=O)cc1. The highest BCUT2D eigenvalue weighted by molar-refractivity contribution is 7.91. The number of pyridine rings is 1. The third kappa shape index (κ3) is 2.81. The second-order valence-electron chi connectivity index (χ2n) is 6.47. The van der Waals surface area contributed by atoms with Crippen LogP contribution in [0.2, 0.25) is 0 Å². The molecule has 2 heterocycles. The highest BCUT2D eigenvalue weighted by Crippen LogP contribution is 2.29. The van der Waals surface area contributed by atoms with Crippen LogP contribution in [-0.4, -0.2) is 20.0 Å². The maximum atomic E-state index is 11.9. The predicted octanol–water partition coefficient (Wildman–Crippen LogP) is 4.58. The fourth-order valence-electron chi connectivity index (χ4n) is 3.23. The Balaban J connectivity index is 1.86. The molecule has 0 saturated carbocycles. The van der Waals surface area contributed by atoms with Gasteiger partial charge in [-0.2, -0.15) is 0 Å². The van der Waals surface area contributed by atoms with Crippen molar-refractivity contribution in [2.75, 3.05) is 6.26 Å². The molecule has 1 unspecified atom stereocenters. The van der Waals surface area contributed by atoms with Gasteiger partial charge in [0.2, 0.25) is 0 Å². The van der Waals surface area contributed by atoms with Crippen LogP contribution in [0.1, 0.15) is 11.1 Å². The van der Waals surface area contributed by atoms with Crippen LogP contribution in [0.15, 0.2) is 65.7 Å². The average Bonchev–Trinajstić information content (AvgIpc) is 2.88. The molecule has 126 valence electrons. The van der Waals surface area contributed by atoms with Crippen LogP contribution in [0.25, 0.3) is 21.9 Å². The van der Waals surface area contributed by atoms with E-state index >= 15 is 0 Å². The van der Waals surface area contributed by atoms with E-state index in [0.717, 1.165) is 27.5 Å². The summed E-state index contributed by atoms with van der Waals surface area (Å²) in [6, 6.07) is 18.0. The van der Waals surface area contributed by atoms with E-state index in [1.54, 1.807) is 12.1 Å². The summed E-state index contributed by atoms with van der Waals surface area (Å²) >= 11 is 0. The van der Waals surface area contributed by atoms with Gasteiger partial charge < -0.3 is 4.57 Å². The molecule has 0 fully saturated rings. The Morgan fingerprint density at radius 3 is 2.56 bits per heavy atom. The lowest BCUT2D eigenvalue weighted by Gasteiger charge is -2.09. The fraction of sp³-hybridized carbons (Fsp3) is 0.150. The normalized spacial score (nSPS) is 14.0. The number of aryl methyl sites for hydroxylation is 1. The lowest BCUT2D eigenvalue weighted by molar-refractivity contribution is 0.679. The molecule has 4 nitrogen and oxygen atoms in total. The van der Waals surface area contributed by atoms with Gasteiger partial charge in [0, 0.05) is 29.3 Å². The summed E-state index contributed by atoms with van der Waals surface area (Å²) in [5.74, 6) is 0. The van der Waals surface area contributed by atoms with Crippen LogP contribution in [0, 0.1) is 11.7 Å². The van der Waals surface area contributed by atoms with Crippen molar-refractivity contribution in [2.24, 2.45) is 0 Å². The Morgan fingerprint density at radius 1 is 1.08 bits per heavy atom. The predicted molar refractivity (Wildman–Crippen MR) is 103 cm³/mol. The van der Waals surface area contributed by atoms with Gasteiger partial charge in [0.25, 0.3) is 0 Å². The van der Waals surface area contributed by atoms with Gasteiger partial charge in [-0.15, -0.1) is 0 Å². The molecule has 2 aromatic heterocycles. The van der Waals surface area contributed by atoms with Crippen molar-refractivity contribution in [3.8, 4) is 0 Å². The van der Waals surface area contributed by atoms with E-state index in [1.165, 1.54) is 11.8 Å². The van der Waals surface area contributed by atoms with Crippen molar-refractivity contribution in [1.29, 1.82) is 4.78 Å². The largest absolute Gasteiger partial charge is 0.335 e. The van der Waals surface area contributed by atoms with E-state index in [9.17, 15) is 4.21 Å². The van der Waals surface area contributed by atoms with Crippen molar-refractivity contribution in [3.05, 3.63) is 71.9 Å². The third-order valence-electron chi connectivity index (χ3n) is 4.49. The van der Waals surface area contributed by atoms with E-state index in [1.807, 2.05) is 24.4 Å². The molecular formula is C20H19N3OS. The highest BCUT2D eigenvalue weighted by Gasteiger charge is 2.12. The zero-order chi connectivity index (χ0) is 17.6. The van der Waals surface area contributed by atoms with Gasteiger partial charge in [0.05, 0.1) is 26.3 Å². The maximum absolute atomic E-state index is 11.9. The Hall–Kier alpha value is -2.66. The first kappa shape index (κ1) is 15.8. The number of aromatic nitrogens is 2. The first-order valence-corrected chi connectivity index (χ1v) is 10.1. The summed E-state index contributed by atoms with van der Waals surface area (Å²) in [7, 11) is -2.67. The third-order valence-corrected chi connectivity index (χ3v) is 5.66. The molecule has 4 rings (SSSR count). The number of nitrogens with one attached hydrogen (secondary N) is 1. The molecule has 0 aliphatic heterocycles. The second-order valence-corrected chi connectivity index (χ2v) is 8.62. The summed E-state index contributed by atoms with van der Waals surface area (Å²) in [4.78, 5) is 5.14. The molecule has 0 aliphatic rings. The van der Waals surface area contributed by atoms with E-state index in [2.05, 4.69) is 40.7 Å². The molecule has 0 bridgehead atoms. The molecule has 2 aromatic carbocycles. The minimum atomic E-state index is -2.67. The Morgan fingerprint density at radius 2 is 1.84 bits per heavy atom. The number of hydrogen-bond donors (Lipinski definition) is 1. The number of hydrogen-bond acceptors (Lipinski definition) is 3. The van der Waals surface area contributed by atoms with Crippen molar-refractivity contribution in [3.63, 3.8) is 0 Å². The zero-order valence-electron chi connectivity index (χ0n) is 14.2. The maximum Gasteiger partial charge on any atom is 0.0959 e. The second kappa shape index (κ2) is 5.70. The first-order valence-electron chi connectivity index (χ1n) is 8.10. The summed E-state index contributed by atoms with van der Waals surface area (Å²) in [5.41, 5.74) is 5.60. The molecular weight excluding hydrogens is 330 g/mol. The molecule has 0 saturated heterocycles. The number of benzene rings is 2. The number of nitrogens with zero attached hydrogens (tertiary/aromatic N) is 2. The zero-order valence-corrected chi connectivity index (χ0v) is 15.0. The van der Waals surface area contributed by atoms with Crippen LogP contribution in [-0.2, 0) is 16.3 Å². The van der Waals surface area contributed by atoms with Gasteiger partial charge in [0.1, 0.15) is 0 Å². The summed E-state index contributed by atoms with van der Waals surface area (Å²) < 4.78 is 21.8. The molecule has 0 amide bonds. The standard InChI is InChI=1S/C20H19N3OS/c1-14-5-10-18-17(12-14)20-19(4-3-11-22-20)23(18)13-15-6-8-16(9-7-15)25(2,21)24/h3-12,21H,13H2,1-2H3. The Bertz CT molecular complexity index is 1190. The van der Waals surface area contributed by atoms with Gasteiger partial charge in [-0.05, 0) is 48.9 Å². The molecule has 25 heavy (non-hydrogen) atoms. The monoisotopic (exact) mass is 349 g/mol. The Labute approximate surface area is 147 Å². The summed E-state index contributed by atoms with van der Waals surface area (Å²) in [6.07, 6.45) is 3.28. The van der Waals surface area contributed by atoms with Gasteiger partial charge in [-0.25, -0.2) is 8.99 Å². The van der Waals surface area contributed by atoms with Gasteiger partial charge in [0.15, 0.2) is 0 Å². The van der Waals surface area contributed by atoms with Crippen molar-refractivity contribution >= 4 is 31.7 Å². The lowest BCUT2D eigenvalue weighted by Crippen LogP contribution is -2.01. The van der Waals surface area contributed by atoms with E-state index in [0.29, 0.717) is 11.4 Å². The minimum absolute atomic E-state index is 0.566. The van der Waals surface area contributed by atoms with Gasteiger partial charge in [-0.1, -0.05) is 23.8 Å². The Kier molecular flexibility index (Phi) is 3.62. The molecule has 1 atom stereocenters. The van der Waals surface area contributed by atoms with Crippen LogP contribution >= 0.6 is 0 Å². The van der Waals surface area contributed by atoms with Crippen molar-refractivity contribution in [2.45, 2.75) is 18.4 Å². The van der Waals surface area contributed by atoms with Crippen LogP contribution < -0.4 is 0 Å². The minimum Gasteiger partial charge on any atom is -0.335 e. The van der Waals surface area contributed by atoms with Crippen LogP contribution in [0.5, 0.6) is 0 Å². The molecule has 5 heteroatoms. The fourth-order valence-corrected chi connectivity index (χ4v) is 3.89. The number of fused-ring (bicyclic) bond motifs is 3. The topological polar surface area (TPSA) is 58.7 Å². The van der Waals surface area contributed by atoms with E-state index < -0.39 is 9.73 Å². The molecule has 0 radical (unpaired) electrons. The first-order chi connectivity index (χ1) is 11.9. The van der Waals surface area contributed by atoms with E-state index in [4.69, 9.17) is 4.78 Å². The van der Waals surface area contributed by atoms with Crippen LogP contribution in [0.3, 0.4) is 0 Å². The molecule has 1 N–H and O–H groups in total. The number of rotatable bonds is 3. The average molecular weight is 349 g/mol. The van der Waals surface area contributed by atoms with Gasteiger partial charge in [-0.3, -0.25) is 4.98 Å². The van der Waals surface area contributed by atoms with Crippen LogP contribution in [0.4, 0.5) is 0 Å². The van der Waals surface area contributed by atoms with E-state index in [-0.39, 0.29) is 0 Å². The molecule has 0 aliphatic carbocycles. The molecule has 0 spiro atoms. The van der Waals surface area contributed by atoms with Crippen molar-refractivity contribution in [1.82, 2.24) is 9.55 Å². The van der Waals surface area contributed by atoms with Gasteiger partial charge >= 0.3 is 0 Å². The highest BCUT2D eigenvalue weighted by atomic mass is 32.2. The quantitative estimate of drug-likeness (QED) is 0.588. The summed E-state index contributed by atoms with van der Waals surface area (Å²) in [5, 5.41) is 1.16. The lowest BCUT2D eigenvalue weighted by atomic mass is 10.1. The van der Waals surface area contributed by atoms with Crippen molar-refractivity contribution < 1.29 is 4.21 Å². The summed E-state index contributed by atoms with van der Waals surface area (Å²) in [6.45, 7) is 2.80. The smallest absolute Gasteiger partial charge is 0.0959 e.